The smallest absolute Gasteiger partial charge is 0.112 e. The van der Waals surface area contributed by atoms with Crippen molar-refractivity contribution in [3.63, 3.8) is 0 Å². The summed E-state index contributed by atoms with van der Waals surface area (Å²) in [5.74, 6) is 1.95. The van der Waals surface area contributed by atoms with E-state index < -0.39 is 0 Å². The summed E-state index contributed by atoms with van der Waals surface area (Å²) in [4.78, 5) is 4.80. The van der Waals surface area contributed by atoms with Crippen LogP contribution in [0.2, 0.25) is 0 Å². The third kappa shape index (κ3) is 1.70. The largest absolute Gasteiger partial charge is 0.399 e. The van der Waals surface area contributed by atoms with E-state index >= 15 is 0 Å². The van der Waals surface area contributed by atoms with E-state index in [9.17, 15) is 0 Å². The third-order valence-electron chi connectivity index (χ3n) is 3.72. The molecule has 0 atom stereocenters. The van der Waals surface area contributed by atoms with Gasteiger partial charge in [-0.15, -0.1) is 0 Å². The highest BCUT2D eigenvalue weighted by molar-refractivity contribution is 5.79. The predicted octanol–water partition coefficient (Wildman–Crippen LogP) is 3.30. The molecule has 90 valence electrons. The topological polar surface area (TPSA) is 43.8 Å². The minimum Gasteiger partial charge on any atom is -0.399 e. The fourth-order valence-electron chi connectivity index (χ4n) is 2.60. The lowest BCUT2D eigenvalue weighted by atomic mass is 9.85. The molecule has 1 aliphatic rings. The van der Waals surface area contributed by atoms with Gasteiger partial charge in [0.25, 0.3) is 0 Å². The summed E-state index contributed by atoms with van der Waals surface area (Å²) in [5.41, 5.74) is 8.93. The number of nitrogens with two attached hydrogens (primary N) is 1. The second kappa shape index (κ2) is 4.06. The van der Waals surface area contributed by atoms with Crippen LogP contribution in [0.15, 0.2) is 18.2 Å². The number of nitrogens with zero attached hydrogens (tertiary/aromatic N) is 2. The number of anilines is 1. The Morgan fingerprint density at radius 2 is 2.24 bits per heavy atom. The zero-order valence-electron chi connectivity index (χ0n) is 10.3. The average molecular weight is 229 g/mol. The van der Waals surface area contributed by atoms with Gasteiger partial charge in [-0.1, -0.05) is 13.3 Å². The van der Waals surface area contributed by atoms with Crippen LogP contribution >= 0.6 is 0 Å². The van der Waals surface area contributed by atoms with E-state index in [2.05, 4.69) is 17.6 Å². The van der Waals surface area contributed by atoms with E-state index in [4.69, 9.17) is 10.7 Å². The van der Waals surface area contributed by atoms with Crippen molar-refractivity contribution in [1.82, 2.24) is 9.55 Å². The molecular weight excluding hydrogens is 210 g/mol. The van der Waals surface area contributed by atoms with Crippen LogP contribution in [-0.2, 0) is 6.54 Å². The number of fused-ring (bicyclic) bond motifs is 1. The van der Waals surface area contributed by atoms with Crippen LogP contribution in [0.3, 0.4) is 0 Å². The molecular formula is C14H19N3. The Hall–Kier alpha value is -1.51. The maximum absolute atomic E-state index is 5.83. The fourth-order valence-corrected chi connectivity index (χ4v) is 2.60. The number of hydrogen-bond acceptors (Lipinski definition) is 2. The first-order valence-corrected chi connectivity index (χ1v) is 6.55. The summed E-state index contributed by atoms with van der Waals surface area (Å²) in [6.07, 6.45) is 5.09. The van der Waals surface area contributed by atoms with Gasteiger partial charge >= 0.3 is 0 Å². The van der Waals surface area contributed by atoms with Crippen molar-refractivity contribution in [3.05, 3.63) is 24.0 Å². The van der Waals surface area contributed by atoms with E-state index in [0.29, 0.717) is 5.92 Å². The first-order valence-electron chi connectivity index (χ1n) is 6.55. The molecule has 0 radical (unpaired) electrons. The number of hydrogen-bond donors (Lipinski definition) is 1. The number of benzene rings is 1. The van der Waals surface area contributed by atoms with E-state index in [0.717, 1.165) is 24.2 Å². The Labute approximate surface area is 102 Å². The van der Waals surface area contributed by atoms with Crippen LogP contribution < -0.4 is 5.73 Å². The number of rotatable bonds is 3. The standard InChI is InChI=1S/C14H19N3/c1-2-8-17-13-7-6-11(15)9-12(13)16-14(17)10-4-3-5-10/h6-7,9-10H,2-5,8,15H2,1H3. The molecule has 1 aromatic carbocycles. The Morgan fingerprint density at radius 1 is 1.41 bits per heavy atom. The van der Waals surface area contributed by atoms with Gasteiger partial charge in [0, 0.05) is 18.2 Å². The van der Waals surface area contributed by atoms with Crippen LogP contribution in [0.4, 0.5) is 5.69 Å². The summed E-state index contributed by atoms with van der Waals surface area (Å²) < 4.78 is 2.39. The van der Waals surface area contributed by atoms with Gasteiger partial charge in [-0.2, -0.15) is 0 Å². The SMILES string of the molecule is CCCn1c(C2CCC2)nc2cc(N)ccc21. The molecule has 0 amide bonds. The summed E-state index contributed by atoms with van der Waals surface area (Å²) in [6.45, 7) is 3.28. The lowest BCUT2D eigenvalue weighted by molar-refractivity contribution is 0.388. The van der Waals surface area contributed by atoms with Crippen molar-refractivity contribution >= 4 is 16.7 Å². The van der Waals surface area contributed by atoms with Gasteiger partial charge in [0.05, 0.1) is 11.0 Å². The van der Waals surface area contributed by atoms with E-state index in [1.54, 1.807) is 0 Å². The Morgan fingerprint density at radius 3 is 2.88 bits per heavy atom. The van der Waals surface area contributed by atoms with Gasteiger partial charge < -0.3 is 10.3 Å². The van der Waals surface area contributed by atoms with Crippen LogP contribution in [0.1, 0.15) is 44.3 Å². The molecule has 2 N–H and O–H groups in total. The monoisotopic (exact) mass is 229 g/mol. The van der Waals surface area contributed by atoms with Gasteiger partial charge in [0.2, 0.25) is 0 Å². The van der Waals surface area contributed by atoms with E-state index in [1.165, 1.54) is 30.6 Å². The third-order valence-corrected chi connectivity index (χ3v) is 3.72. The molecule has 0 aliphatic heterocycles. The number of nitrogen functional groups attached to an aromatic ring is 1. The summed E-state index contributed by atoms with van der Waals surface area (Å²) >= 11 is 0. The van der Waals surface area contributed by atoms with Gasteiger partial charge in [-0.3, -0.25) is 0 Å². The maximum Gasteiger partial charge on any atom is 0.112 e. The highest BCUT2D eigenvalue weighted by Crippen LogP contribution is 2.37. The van der Waals surface area contributed by atoms with Crippen molar-refractivity contribution in [2.75, 3.05) is 5.73 Å². The summed E-state index contributed by atoms with van der Waals surface area (Å²) in [7, 11) is 0. The lowest BCUT2D eigenvalue weighted by Gasteiger charge is -2.25. The summed E-state index contributed by atoms with van der Waals surface area (Å²) in [5, 5.41) is 0. The molecule has 1 aliphatic carbocycles. The zero-order chi connectivity index (χ0) is 11.8. The molecule has 3 heteroatoms. The molecule has 2 aromatic rings. The Kier molecular flexibility index (Phi) is 2.54. The van der Waals surface area contributed by atoms with Gasteiger partial charge in [-0.05, 0) is 37.5 Å². The fraction of sp³-hybridized carbons (Fsp3) is 0.500. The highest BCUT2D eigenvalue weighted by atomic mass is 15.1. The molecule has 0 unspecified atom stereocenters. The second-order valence-electron chi connectivity index (χ2n) is 5.00. The number of aryl methyl sites for hydroxylation is 1. The first kappa shape index (κ1) is 10.6. The predicted molar refractivity (Wildman–Crippen MR) is 71.0 cm³/mol. The molecule has 1 saturated carbocycles. The normalized spacial score (nSPS) is 16.3. The average Bonchev–Trinajstić information content (AvgIpc) is 2.55. The second-order valence-corrected chi connectivity index (χ2v) is 5.00. The van der Waals surface area contributed by atoms with Gasteiger partial charge in [-0.25, -0.2) is 4.98 Å². The van der Waals surface area contributed by atoms with Gasteiger partial charge in [0.15, 0.2) is 0 Å². The summed E-state index contributed by atoms with van der Waals surface area (Å²) in [6, 6.07) is 6.07. The van der Waals surface area contributed by atoms with Crippen LogP contribution in [-0.4, -0.2) is 9.55 Å². The zero-order valence-corrected chi connectivity index (χ0v) is 10.3. The quantitative estimate of drug-likeness (QED) is 0.821. The molecule has 1 fully saturated rings. The van der Waals surface area contributed by atoms with Crippen molar-refractivity contribution in [2.45, 2.75) is 45.1 Å². The molecule has 0 bridgehead atoms. The minimum atomic E-state index is 0.676. The Bertz CT molecular complexity index is 538. The molecule has 1 aromatic heterocycles. The first-order chi connectivity index (χ1) is 8.29. The molecule has 0 spiro atoms. The lowest BCUT2D eigenvalue weighted by Crippen LogP contribution is -2.15. The number of aromatic nitrogens is 2. The van der Waals surface area contributed by atoms with E-state index in [-0.39, 0.29) is 0 Å². The maximum atomic E-state index is 5.83. The Balaban J connectivity index is 2.14. The highest BCUT2D eigenvalue weighted by Gasteiger charge is 2.25. The van der Waals surface area contributed by atoms with Gasteiger partial charge in [0.1, 0.15) is 5.82 Å². The molecule has 1 heterocycles. The molecule has 3 rings (SSSR count). The van der Waals surface area contributed by atoms with Crippen LogP contribution in [0.5, 0.6) is 0 Å². The van der Waals surface area contributed by atoms with Crippen molar-refractivity contribution < 1.29 is 0 Å². The number of imidazole rings is 1. The van der Waals surface area contributed by atoms with Crippen molar-refractivity contribution in [1.29, 1.82) is 0 Å². The van der Waals surface area contributed by atoms with E-state index in [1.807, 2.05) is 12.1 Å². The molecule has 3 nitrogen and oxygen atoms in total. The van der Waals surface area contributed by atoms with Crippen molar-refractivity contribution in [2.24, 2.45) is 0 Å². The molecule has 17 heavy (non-hydrogen) atoms. The van der Waals surface area contributed by atoms with Crippen molar-refractivity contribution in [3.8, 4) is 0 Å². The molecule has 0 saturated heterocycles. The van der Waals surface area contributed by atoms with Crippen LogP contribution in [0.25, 0.3) is 11.0 Å². The van der Waals surface area contributed by atoms with Crippen LogP contribution in [0, 0.1) is 0 Å². The minimum absolute atomic E-state index is 0.676.